The summed E-state index contributed by atoms with van der Waals surface area (Å²) in [5.74, 6) is 0.908. The molecular weight excluding hydrogens is 324 g/mol. The molecule has 0 saturated heterocycles. The summed E-state index contributed by atoms with van der Waals surface area (Å²) in [6.45, 7) is 2.05. The fourth-order valence-electron chi connectivity index (χ4n) is 4.27. The molecule has 0 radical (unpaired) electrons. The number of hydrogen-bond donors (Lipinski definition) is 0. The van der Waals surface area contributed by atoms with Gasteiger partial charge < -0.3 is 4.90 Å². The van der Waals surface area contributed by atoms with Crippen LogP contribution in [-0.2, 0) is 0 Å². The first-order valence-corrected chi connectivity index (χ1v) is 8.98. The minimum absolute atomic E-state index is 0.0750. The molecule has 2 aromatic heterocycles. The molecule has 26 heavy (non-hydrogen) atoms. The Hall–Kier alpha value is -2.95. The third kappa shape index (κ3) is 2.20. The molecule has 1 aliphatic carbocycles. The van der Waals surface area contributed by atoms with E-state index in [0.717, 1.165) is 28.9 Å². The summed E-state index contributed by atoms with van der Waals surface area (Å²) in [6, 6.07) is 12.1. The predicted octanol–water partition coefficient (Wildman–Crippen LogP) is 3.51. The minimum Gasteiger partial charge on any atom is -0.334 e. The normalized spacial score (nSPS) is 24.0. The zero-order chi connectivity index (χ0) is 17.8. The monoisotopic (exact) mass is 344 g/mol. The molecule has 130 valence electrons. The molecule has 5 nitrogen and oxygen atoms in total. The van der Waals surface area contributed by atoms with Crippen LogP contribution in [0.3, 0.4) is 0 Å². The van der Waals surface area contributed by atoms with Gasteiger partial charge in [-0.1, -0.05) is 12.1 Å². The van der Waals surface area contributed by atoms with Crippen LogP contribution in [0.1, 0.15) is 45.6 Å². The maximum absolute atomic E-state index is 12.8. The molecular formula is C21H20N4O. The van der Waals surface area contributed by atoms with Gasteiger partial charge in [0.05, 0.1) is 11.7 Å². The SMILES string of the molecule is Cc1ccc(C2CC2C2c3c(cccc3-n3cccn3)C(=O)N2C)nc1. The van der Waals surface area contributed by atoms with Gasteiger partial charge in [-0.3, -0.25) is 9.78 Å². The van der Waals surface area contributed by atoms with E-state index >= 15 is 0 Å². The van der Waals surface area contributed by atoms with Crippen LogP contribution >= 0.6 is 0 Å². The van der Waals surface area contributed by atoms with Gasteiger partial charge in [0.25, 0.3) is 5.91 Å². The first kappa shape index (κ1) is 15.3. The van der Waals surface area contributed by atoms with Crippen LogP contribution < -0.4 is 0 Å². The van der Waals surface area contributed by atoms with Crippen molar-refractivity contribution in [1.29, 1.82) is 0 Å². The Labute approximate surface area is 152 Å². The van der Waals surface area contributed by atoms with Gasteiger partial charge in [0, 0.05) is 48.4 Å². The highest BCUT2D eigenvalue weighted by Crippen LogP contribution is 2.58. The Bertz CT molecular complexity index is 978. The van der Waals surface area contributed by atoms with E-state index in [1.807, 2.05) is 53.3 Å². The molecule has 0 N–H and O–H groups in total. The van der Waals surface area contributed by atoms with Gasteiger partial charge >= 0.3 is 0 Å². The molecule has 1 aromatic carbocycles. The van der Waals surface area contributed by atoms with E-state index in [0.29, 0.717) is 11.8 Å². The Morgan fingerprint density at radius 3 is 2.77 bits per heavy atom. The molecule has 1 amide bonds. The fraction of sp³-hybridized carbons (Fsp3) is 0.286. The maximum atomic E-state index is 12.8. The van der Waals surface area contributed by atoms with E-state index in [4.69, 9.17) is 0 Å². The van der Waals surface area contributed by atoms with Crippen molar-refractivity contribution in [3.8, 4) is 5.69 Å². The van der Waals surface area contributed by atoms with Gasteiger partial charge in [0.2, 0.25) is 0 Å². The van der Waals surface area contributed by atoms with Crippen molar-refractivity contribution < 1.29 is 4.79 Å². The van der Waals surface area contributed by atoms with Crippen LogP contribution in [0.4, 0.5) is 0 Å². The maximum Gasteiger partial charge on any atom is 0.254 e. The van der Waals surface area contributed by atoms with Gasteiger partial charge in [0.1, 0.15) is 0 Å². The molecule has 5 heteroatoms. The third-order valence-corrected chi connectivity index (χ3v) is 5.66. The second kappa shape index (κ2) is 5.53. The fourth-order valence-corrected chi connectivity index (χ4v) is 4.27. The van der Waals surface area contributed by atoms with Gasteiger partial charge in [-0.15, -0.1) is 0 Å². The lowest BCUT2D eigenvalue weighted by Crippen LogP contribution is -2.25. The van der Waals surface area contributed by atoms with Crippen LogP contribution in [-0.4, -0.2) is 32.6 Å². The average Bonchev–Trinajstić information content (AvgIpc) is 3.13. The molecule has 2 aliphatic rings. The average molecular weight is 344 g/mol. The van der Waals surface area contributed by atoms with Crippen LogP contribution in [0.2, 0.25) is 0 Å². The highest BCUT2D eigenvalue weighted by atomic mass is 16.2. The van der Waals surface area contributed by atoms with E-state index in [9.17, 15) is 4.79 Å². The molecule has 3 unspecified atom stereocenters. The van der Waals surface area contributed by atoms with Crippen molar-refractivity contribution in [3.63, 3.8) is 0 Å². The van der Waals surface area contributed by atoms with Crippen LogP contribution in [0, 0.1) is 12.8 Å². The number of fused-ring (bicyclic) bond motifs is 1. The molecule has 3 heterocycles. The zero-order valence-corrected chi connectivity index (χ0v) is 14.8. The lowest BCUT2D eigenvalue weighted by molar-refractivity contribution is 0.0758. The van der Waals surface area contributed by atoms with Crippen molar-refractivity contribution in [1.82, 2.24) is 19.7 Å². The van der Waals surface area contributed by atoms with Crippen molar-refractivity contribution in [2.45, 2.75) is 25.3 Å². The summed E-state index contributed by atoms with van der Waals surface area (Å²) >= 11 is 0. The summed E-state index contributed by atoms with van der Waals surface area (Å²) in [5, 5.41) is 4.39. The van der Waals surface area contributed by atoms with Crippen molar-refractivity contribution in [2.24, 2.45) is 5.92 Å². The predicted molar refractivity (Wildman–Crippen MR) is 98.2 cm³/mol. The number of hydrogen-bond acceptors (Lipinski definition) is 3. The van der Waals surface area contributed by atoms with Crippen molar-refractivity contribution >= 4 is 5.91 Å². The highest BCUT2D eigenvalue weighted by Gasteiger charge is 2.52. The molecule has 3 atom stereocenters. The Morgan fingerprint density at radius 1 is 1.15 bits per heavy atom. The van der Waals surface area contributed by atoms with E-state index < -0.39 is 0 Å². The molecule has 1 saturated carbocycles. The summed E-state index contributed by atoms with van der Waals surface area (Å²) < 4.78 is 1.86. The van der Waals surface area contributed by atoms with Gasteiger partial charge in [0.15, 0.2) is 0 Å². The Morgan fingerprint density at radius 2 is 2.04 bits per heavy atom. The van der Waals surface area contributed by atoms with E-state index in [1.54, 1.807) is 6.20 Å². The smallest absolute Gasteiger partial charge is 0.254 e. The number of rotatable bonds is 3. The Kier molecular flexibility index (Phi) is 3.26. The lowest BCUT2D eigenvalue weighted by atomic mass is 9.97. The Balaban J connectivity index is 1.56. The number of pyridine rings is 1. The minimum atomic E-state index is 0.0750. The number of benzene rings is 1. The molecule has 0 spiro atoms. The van der Waals surface area contributed by atoms with Crippen LogP contribution in [0.25, 0.3) is 5.69 Å². The topological polar surface area (TPSA) is 51.0 Å². The number of carbonyl (C=O) groups excluding carboxylic acids is 1. The number of aryl methyl sites for hydroxylation is 1. The first-order chi connectivity index (χ1) is 12.6. The van der Waals surface area contributed by atoms with Gasteiger partial charge in [-0.2, -0.15) is 5.10 Å². The van der Waals surface area contributed by atoms with Crippen molar-refractivity contribution in [2.75, 3.05) is 7.05 Å². The molecule has 0 bridgehead atoms. The van der Waals surface area contributed by atoms with Gasteiger partial charge in [-0.25, -0.2) is 4.68 Å². The van der Waals surface area contributed by atoms with Crippen LogP contribution in [0.5, 0.6) is 0 Å². The lowest BCUT2D eigenvalue weighted by Gasteiger charge is -2.22. The third-order valence-electron chi connectivity index (χ3n) is 5.66. The van der Waals surface area contributed by atoms with Crippen molar-refractivity contribution in [3.05, 3.63) is 77.4 Å². The molecule has 5 rings (SSSR count). The zero-order valence-electron chi connectivity index (χ0n) is 14.8. The largest absolute Gasteiger partial charge is 0.334 e. The van der Waals surface area contributed by atoms with E-state index in [1.165, 1.54) is 5.56 Å². The van der Waals surface area contributed by atoms with Crippen LogP contribution in [0.15, 0.2) is 55.0 Å². The highest BCUT2D eigenvalue weighted by molar-refractivity contribution is 6.00. The summed E-state index contributed by atoms with van der Waals surface area (Å²) in [5.41, 5.74) is 5.20. The molecule has 1 fully saturated rings. The summed E-state index contributed by atoms with van der Waals surface area (Å²) in [6.07, 6.45) is 6.69. The second-order valence-corrected chi connectivity index (χ2v) is 7.32. The number of aromatic nitrogens is 3. The summed E-state index contributed by atoms with van der Waals surface area (Å²) in [7, 11) is 1.91. The number of amides is 1. The second-order valence-electron chi connectivity index (χ2n) is 7.32. The molecule has 3 aromatic rings. The quantitative estimate of drug-likeness (QED) is 0.731. The summed E-state index contributed by atoms with van der Waals surface area (Å²) in [4.78, 5) is 19.3. The molecule has 1 aliphatic heterocycles. The van der Waals surface area contributed by atoms with E-state index in [2.05, 4.69) is 29.1 Å². The standard InChI is InChI=1S/C21H20N4O/c1-13-7-8-17(22-12-13)15-11-16(15)20-19-14(21(26)24(20)2)5-3-6-18(19)25-10-4-9-23-25/h3-10,12,15-16,20H,11H2,1-2H3. The van der Waals surface area contributed by atoms with E-state index in [-0.39, 0.29) is 11.9 Å². The number of carbonyl (C=O) groups is 1. The first-order valence-electron chi connectivity index (χ1n) is 8.98. The number of nitrogens with zero attached hydrogens (tertiary/aromatic N) is 4. The van der Waals surface area contributed by atoms with Gasteiger partial charge in [-0.05, 0) is 49.1 Å².